The molecular weight excluding hydrogens is 324 g/mol. The lowest BCUT2D eigenvalue weighted by Gasteiger charge is -2.18. The third kappa shape index (κ3) is 3.98. The number of hydrogen-bond acceptors (Lipinski definition) is 4. The first-order chi connectivity index (χ1) is 12.8. The summed E-state index contributed by atoms with van der Waals surface area (Å²) in [5, 5.41) is 6.46. The highest BCUT2D eigenvalue weighted by Gasteiger charge is 2.18. The third-order valence-corrected chi connectivity index (χ3v) is 5.31. The van der Waals surface area contributed by atoms with E-state index in [0.717, 1.165) is 37.3 Å². The highest BCUT2D eigenvalue weighted by Crippen LogP contribution is 2.24. The Kier molecular flexibility index (Phi) is 5.04. The van der Waals surface area contributed by atoms with Gasteiger partial charge in [0.05, 0.1) is 0 Å². The normalized spacial score (nSPS) is 17.5. The lowest BCUT2D eigenvalue weighted by Crippen LogP contribution is -2.33. The van der Waals surface area contributed by atoms with E-state index in [9.17, 15) is 4.79 Å². The predicted octanol–water partition coefficient (Wildman–Crippen LogP) is 4.10. The number of aromatic nitrogens is 1. The van der Waals surface area contributed by atoms with Gasteiger partial charge in [0, 0.05) is 42.4 Å². The van der Waals surface area contributed by atoms with Crippen LogP contribution in [-0.4, -0.2) is 30.0 Å². The van der Waals surface area contributed by atoms with Gasteiger partial charge >= 0.3 is 0 Å². The maximum atomic E-state index is 12.4. The second kappa shape index (κ2) is 7.77. The minimum atomic E-state index is -0.0788. The van der Waals surface area contributed by atoms with Crippen molar-refractivity contribution >= 4 is 23.0 Å². The zero-order valence-electron chi connectivity index (χ0n) is 15.1. The van der Waals surface area contributed by atoms with Crippen LogP contribution in [0.2, 0.25) is 0 Å². The monoisotopic (exact) mass is 350 g/mol. The van der Waals surface area contributed by atoms with Crippen LogP contribution in [0.25, 0.3) is 0 Å². The molecule has 1 aliphatic carbocycles. The van der Waals surface area contributed by atoms with Gasteiger partial charge in [0.1, 0.15) is 5.69 Å². The van der Waals surface area contributed by atoms with Gasteiger partial charge < -0.3 is 15.5 Å². The number of nitrogens with one attached hydrogen (secondary N) is 2. The van der Waals surface area contributed by atoms with E-state index in [2.05, 4.69) is 44.8 Å². The zero-order valence-corrected chi connectivity index (χ0v) is 15.1. The van der Waals surface area contributed by atoms with Crippen LogP contribution in [0.4, 0.5) is 17.1 Å². The topological polar surface area (TPSA) is 57.3 Å². The van der Waals surface area contributed by atoms with Crippen molar-refractivity contribution in [2.45, 2.75) is 44.6 Å². The molecule has 1 aromatic heterocycles. The molecule has 5 heteroatoms. The third-order valence-electron chi connectivity index (χ3n) is 5.31. The molecule has 2 N–H and O–H groups in total. The number of anilines is 3. The summed E-state index contributed by atoms with van der Waals surface area (Å²) in [6, 6.07) is 12.5. The summed E-state index contributed by atoms with van der Waals surface area (Å²) in [5.41, 5.74) is 3.64. The number of rotatable bonds is 5. The fourth-order valence-corrected chi connectivity index (χ4v) is 3.86. The molecule has 4 rings (SSSR count). The highest BCUT2D eigenvalue weighted by molar-refractivity contribution is 5.93. The second-order valence-corrected chi connectivity index (χ2v) is 7.25. The van der Waals surface area contributed by atoms with E-state index in [1.165, 1.54) is 31.4 Å². The van der Waals surface area contributed by atoms with Crippen LogP contribution in [0.1, 0.15) is 49.0 Å². The van der Waals surface area contributed by atoms with E-state index in [4.69, 9.17) is 0 Å². The van der Waals surface area contributed by atoms with Crippen LogP contribution in [0, 0.1) is 0 Å². The molecule has 136 valence electrons. The van der Waals surface area contributed by atoms with Gasteiger partial charge in [-0.15, -0.1) is 0 Å². The van der Waals surface area contributed by atoms with E-state index in [1.54, 1.807) is 6.20 Å². The van der Waals surface area contributed by atoms with Crippen LogP contribution < -0.4 is 15.5 Å². The summed E-state index contributed by atoms with van der Waals surface area (Å²) in [6.07, 6.45) is 8.80. The molecule has 0 spiro atoms. The molecule has 2 aliphatic rings. The van der Waals surface area contributed by atoms with E-state index in [0.29, 0.717) is 11.7 Å². The maximum absolute atomic E-state index is 12.4. The van der Waals surface area contributed by atoms with Crippen molar-refractivity contribution in [1.82, 2.24) is 10.3 Å². The number of hydrogen-bond donors (Lipinski definition) is 2. The van der Waals surface area contributed by atoms with Crippen LogP contribution in [0.15, 0.2) is 42.6 Å². The quantitative estimate of drug-likeness (QED) is 0.852. The first kappa shape index (κ1) is 16.9. The largest absolute Gasteiger partial charge is 0.372 e. The lowest BCUT2D eigenvalue weighted by molar-refractivity contribution is 0.0933. The fraction of sp³-hybridized carbons (Fsp3) is 0.429. The lowest BCUT2D eigenvalue weighted by atomic mass is 10.2. The van der Waals surface area contributed by atoms with Crippen molar-refractivity contribution in [3.8, 4) is 0 Å². The van der Waals surface area contributed by atoms with Crippen LogP contribution in [-0.2, 0) is 0 Å². The number of carbonyl (C=O) groups is 1. The summed E-state index contributed by atoms with van der Waals surface area (Å²) in [5.74, 6) is -0.0788. The molecule has 0 bridgehead atoms. The fourth-order valence-electron chi connectivity index (χ4n) is 3.86. The van der Waals surface area contributed by atoms with Crippen LogP contribution >= 0.6 is 0 Å². The van der Waals surface area contributed by atoms with E-state index >= 15 is 0 Å². The molecule has 0 atom stereocenters. The Bertz CT molecular complexity index is 747. The smallest absolute Gasteiger partial charge is 0.270 e. The molecule has 1 aliphatic heterocycles. The van der Waals surface area contributed by atoms with Gasteiger partial charge in [-0.25, -0.2) is 0 Å². The molecule has 2 heterocycles. The summed E-state index contributed by atoms with van der Waals surface area (Å²) in [4.78, 5) is 19.0. The second-order valence-electron chi connectivity index (χ2n) is 7.25. The van der Waals surface area contributed by atoms with Crippen molar-refractivity contribution in [2.75, 3.05) is 23.3 Å². The SMILES string of the molecule is O=C(NC1CCCC1)c1cc(Nc2ccc(N3CCCC3)cc2)ccn1. The Morgan fingerprint density at radius 3 is 2.42 bits per heavy atom. The van der Waals surface area contributed by atoms with Crippen molar-refractivity contribution in [3.05, 3.63) is 48.3 Å². The van der Waals surface area contributed by atoms with Crippen LogP contribution in [0.3, 0.4) is 0 Å². The van der Waals surface area contributed by atoms with Gasteiger partial charge in [0.15, 0.2) is 0 Å². The van der Waals surface area contributed by atoms with Gasteiger partial charge in [0.2, 0.25) is 0 Å². The Morgan fingerprint density at radius 2 is 1.69 bits per heavy atom. The minimum Gasteiger partial charge on any atom is -0.372 e. The number of amides is 1. The first-order valence-corrected chi connectivity index (χ1v) is 9.67. The Labute approximate surface area is 154 Å². The number of pyridine rings is 1. The van der Waals surface area contributed by atoms with Crippen molar-refractivity contribution < 1.29 is 4.79 Å². The average molecular weight is 350 g/mol. The van der Waals surface area contributed by atoms with Gasteiger partial charge in [-0.3, -0.25) is 9.78 Å². The summed E-state index contributed by atoms with van der Waals surface area (Å²) in [6.45, 7) is 2.30. The predicted molar refractivity (Wildman–Crippen MR) is 105 cm³/mol. The average Bonchev–Trinajstić information content (AvgIpc) is 3.36. The van der Waals surface area contributed by atoms with Gasteiger partial charge in [-0.2, -0.15) is 0 Å². The number of carbonyl (C=O) groups excluding carboxylic acids is 1. The van der Waals surface area contributed by atoms with Crippen molar-refractivity contribution in [2.24, 2.45) is 0 Å². The van der Waals surface area contributed by atoms with Crippen molar-refractivity contribution in [3.63, 3.8) is 0 Å². The zero-order chi connectivity index (χ0) is 17.8. The molecule has 2 aromatic rings. The van der Waals surface area contributed by atoms with Gasteiger partial charge in [-0.1, -0.05) is 12.8 Å². The molecule has 26 heavy (non-hydrogen) atoms. The molecule has 1 saturated carbocycles. The van der Waals surface area contributed by atoms with Gasteiger partial charge in [0.25, 0.3) is 5.91 Å². The summed E-state index contributed by atoms with van der Waals surface area (Å²) < 4.78 is 0. The minimum absolute atomic E-state index is 0.0788. The van der Waals surface area contributed by atoms with Crippen molar-refractivity contribution in [1.29, 1.82) is 0 Å². The molecule has 1 aromatic carbocycles. The molecule has 0 radical (unpaired) electrons. The first-order valence-electron chi connectivity index (χ1n) is 9.67. The molecule has 1 amide bonds. The highest BCUT2D eigenvalue weighted by atomic mass is 16.1. The molecule has 0 unspecified atom stereocenters. The Hall–Kier alpha value is -2.56. The standard InChI is InChI=1S/C21H26N4O/c26-21(24-16-5-1-2-6-16)20-15-18(11-12-22-20)23-17-7-9-19(10-8-17)25-13-3-4-14-25/h7-12,15-16H,1-6,13-14H2,(H,22,23)(H,24,26). The van der Waals surface area contributed by atoms with E-state index < -0.39 is 0 Å². The molecule has 5 nitrogen and oxygen atoms in total. The molecule has 1 saturated heterocycles. The van der Waals surface area contributed by atoms with E-state index in [-0.39, 0.29) is 5.91 Å². The van der Waals surface area contributed by atoms with Gasteiger partial charge in [-0.05, 0) is 62.1 Å². The van der Waals surface area contributed by atoms with E-state index in [1.807, 2.05) is 12.1 Å². The Balaban J connectivity index is 1.40. The summed E-state index contributed by atoms with van der Waals surface area (Å²) in [7, 11) is 0. The maximum Gasteiger partial charge on any atom is 0.270 e. The number of benzene rings is 1. The molecular formula is C21H26N4O. The summed E-state index contributed by atoms with van der Waals surface area (Å²) >= 11 is 0. The molecule has 2 fully saturated rings. The van der Waals surface area contributed by atoms with Crippen LogP contribution in [0.5, 0.6) is 0 Å². The Morgan fingerprint density at radius 1 is 0.962 bits per heavy atom. The number of nitrogens with zero attached hydrogens (tertiary/aromatic N) is 2.